The summed E-state index contributed by atoms with van der Waals surface area (Å²) in [6.45, 7) is 0.518. The van der Waals surface area contributed by atoms with Crippen LogP contribution in [-0.2, 0) is 11.3 Å². The summed E-state index contributed by atoms with van der Waals surface area (Å²) in [5, 5.41) is 12.4. The Hall–Kier alpha value is -1.07. The monoisotopic (exact) mass is 313 g/mol. The van der Waals surface area contributed by atoms with Crippen LogP contribution in [0.4, 0.5) is 0 Å². The van der Waals surface area contributed by atoms with Crippen molar-refractivity contribution in [3.8, 4) is 5.75 Å². The number of hydrogen-bond acceptors (Lipinski definition) is 3. The van der Waals surface area contributed by atoms with Crippen LogP contribution in [0.5, 0.6) is 5.75 Å². The third-order valence-electron chi connectivity index (χ3n) is 3.49. The van der Waals surface area contributed by atoms with E-state index < -0.39 is 11.5 Å². The Morgan fingerprint density at radius 2 is 2.28 bits per heavy atom. The van der Waals surface area contributed by atoms with Crippen LogP contribution in [0.2, 0.25) is 0 Å². The normalized spacial score (nSPS) is 17.0. The lowest BCUT2D eigenvalue weighted by atomic mass is 9.76. The fourth-order valence-corrected chi connectivity index (χ4v) is 2.46. The SMILES string of the molecule is COc1ccc(Br)c(CNC2(C(=O)O)CCC2)c1. The molecule has 0 aliphatic heterocycles. The Bertz CT molecular complexity index is 458. The van der Waals surface area contributed by atoms with Crippen LogP contribution in [0.1, 0.15) is 24.8 Å². The van der Waals surface area contributed by atoms with E-state index in [1.54, 1.807) is 7.11 Å². The van der Waals surface area contributed by atoms with Gasteiger partial charge in [0.25, 0.3) is 0 Å². The number of carbonyl (C=O) groups is 1. The molecule has 0 amide bonds. The Balaban J connectivity index is 2.08. The Morgan fingerprint density at radius 3 is 2.78 bits per heavy atom. The molecule has 0 bridgehead atoms. The van der Waals surface area contributed by atoms with E-state index in [9.17, 15) is 9.90 Å². The molecule has 1 saturated carbocycles. The predicted molar refractivity (Wildman–Crippen MR) is 71.8 cm³/mol. The molecule has 0 atom stereocenters. The van der Waals surface area contributed by atoms with E-state index >= 15 is 0 Å². The zero-order valence-corrected chi connectivity index (χ0v) is 11.8. The average molecular weight is 314 g/mol. The summed E-state index contributed by atoms with van der Waals surface area (Å²) in [7, 11) is 1.62. The fourth-order valence-electron chi connectivity index (χ4n) is 2.07. The average Bonchev–Trinajstić information content (AvgIpc) is 2.29. The molecule has 1 aliphatic rings. The van der Waals surface area contributed by atoms with Gasteiger partial charge in [-0.1, -0.05) is 15.9 Å². The minimum atomic E-state index is -0.757. The number of nitrogens with one attached hydrogen (secondary N) is 1. The highest BCUT2D eigenvalue weighted by atomic mass is 79.9. The van der Waals surface area contributed by atoms with Gasteiger partial charge in [-0.15, -0.1) is 0 Å². The van der Waals surface area contributed by atoms with Crippen LogP contribution < -0.4 is 10.1 Å². The molecule has 0 aromatic heterocycles. The van der Waals surface area contributed by atoms with E-state index in [1.165, 1.54) is 0 Å². The van der Waals surface area contributed by atoms with E-state index in [0.717, 1.165) is 22.2 Å². The van der Waals surface area contributed by atoms with Crippen LogP contribution in [0.15, 0.2) is 22.7 Å². The Kier molecular flexibility index (Phi) is 3.92. The third kappa shape index (κ3) is 2.52. The first-order chi connectivity index (χ1) is 8.57. The van der Waals surface area contributed by atoms with Gasteiger partial charge in [-0.3, -0.25) is 10.1 Å². The van der Waals surface area contributed by atoms with E-state index in [1.807, 2.05) is 18.2 Å². The number of rotatable bonds is 5. The lowest BCUT2D eigenvalue weighted by Gasteiger charge is -2.38. The summed E-state index contributed by atoms with van der Waals surface area (Å²) in [5.41, 5.74) is 0.268. The molecule has 0 spiro atoms. The van der Waals surface area contributed by atoms with Crippen molar-refractivity contribution in [1.29, 1.82) is 0 Å². The van der Waals surface area contributed by atoms with Crippen molar-refractivity contribution in [3.05, 3.63) is 28.2 Å². The summed E-state index contributed by atoms with van der Waals surface area (Å²) in [4.78, 5) is 11.2. The van der Waals surface area contributed by atoms with Crippen molar-refractivity contribution in [3.63, 3.8) is 0 Å². The zero-order valence-electron chi connectivity index (χ0n) is 10.2. The van der Waals surface area contributed by atoms with Crippen molar-refractivity contribution < 1.29 is 14.6 Å². The van der Waals surface area contributed by atoms with E-state index in [-0.39, 0.29) is 0 Å². The highest BCUT2D eigenvalue weighted by Crippen LogP contribution is 2.33. The van der Waals surface area contributed by atoms with Crippen molar-refractivity contribution in [2.24, 2.45) is 0 Å². The molecule has 1 aromatic carbocycles. The van der Waals surface area contributed by atoms with E-state index in [4.69, 9.17) is 4.74 Å². The Labute approximate surface area is 114 Å². The molecule has 0 radical (unpaired) electrons. The standard InChI is InChI=1S/C13H16BrNO3/c1-18-10-3-4-11(14)9(7-10)8-15-13(12(16)17)5-2-6-13/h3-4,7,15H,2,5-6,8H2,1H3,(H,16,17). The molecule has 0 heterocycles. The van der Waals surface area contributed by atoms with Crippen molar-refractivity contribution in [2.75, 3.05) is 7.11 Å². The second-order valence-corrected chi connectivity index (χ2v) is 5.41. The van der Waals surface area contributed by atoms with Crippen LogP contribution in [0.25, 0.3) is 0 Å². The lowest BCUT2D eigenvalue weighted by molar-refractivity contribution is -0.148. The van der Waals surface area contributed by atoms with Gasteiger partial charge in [-0.2, -0.15) is 0 Å². The molecule has 18 heavy (non-hydrogen) atoms. The summed E-state index contributed by atoms with van der Waals surface area (Å²) in [6, 6.07) is 5.68. The molecular weight excluding hydrogens is 298 g/mol. The second-order valence-electron chi connectivity index (χ2n) is 4.55. The van der Waals surface area contributed by atoms with Crippen LogP contribution in [-0.4, -0.2) is 23.7 Å². The first-order valence-corrected chi connectivity index (χ1v) is 6.67. The van der Waals surface area contributed by atoms with Gasteiger partial charge in [0, 0.05) is 11.0 Å². The van der Waals surface area contributed by atoms with E-state index in [0.29, 0.717) is 19.4 Å². The quantitative estimate of drug-likeness (QED) is 0.877. The van der Waals surface area contributed by atoms with Gasteiger partial charge in [-0.25, -0.2) is 0 Å². The number of carboxylic acids is 1. The molecular formula is C13H16BrNO3. The highest BCUT2D eigenvalue weighted by molar-refractivity contribution is 9.10. The molecule has 5 heteroatoms. The van der Waals surface area contributed by atoms with Gasteiger partial charge in [0.2, 0.25) is 0 Å². The molecule has 1 aromatic rings. The van der Waals surface area contributed by atoms with Crippen LogP contribution in [0.3, 0.4) is 0 Å². The number of carboxylic acid groups (broad SMARTS) is 1. The largest absolute Gasteiger partial charge is 0.497 e. The van der Waals surface area contributed by atoms with Crippen molar-refractivity contribution in [1.82, 2.24) is 5.32 Å². The predicted octanol–water partition coefficient (Wildman–Crippen LogP) is 2.55. The van der Waals surface area contributed by atoms with Crippen LogP contribution >= 0.6 is 15.9 Å². The van der Waals surface area contributed by atoms with Gasteiger partial charge < -0.3 is 9.84 Å². The van der Waals surface area contributed by atoms with Gasteiger partial charge in [0.1, 0.15) is 11.3 Å². The van der Waals surface area contributed by atoms with Gasteiger partial charge in [-0.05, 0) is 43.0 Å². The van der Waals surface area contributed by atoms with Crippen molar-refractivity contribution >= 4 is 21.9 Å². The smallest absolute Gasteiger partial charge is 0.323 e. The maximum atomic E-state index is 11.2. The lowest BCUT2D eigenvalue weighted by Crippen LogP contribution is -2.56. The molecule has 4 nitrogen and oxygen atoms in total. The summed E-state index contributed by atoms with van der Waals surface area (Å²) < 4.78 is 6.12. The van der Waals surface area contributed by atoms with Gasteiger partial charge in [0.05, 0.1) is 7.11 Å². The molecule has 98 valence electrons. The fraction of sp³-hybridized carbons (Fsp3) is 0.462. The zero-order chi connectivity index (χ0) is 13.2. The molecule has 0 saturated heterocycles. The molecule has 2 rings (SSSR count). The maximum absolute atomic E-state index is 11.2. The summed E-state index contributed by atoms with van der Waals surface area (Å²) in [6.07, 6.45) is 2.37. The van der Waals surface area contributed by atoms with Gasteiger partial charge >= 0.3 is 5.97 Å². The minimum Gasteiger partial charge on any atom is -0.497 e. The molecule has 1 aliphatic carbocycles. The first-order valence-electron chi connectivity index (χ1n) is 5.88. The topological polar surface area (TPSA) is 58.6 Å². The number of hydrogen-bond donors (Lipinski definition) is 2. The number of ether oxygens (including phenoxy) is 1. The number of aliphatic carboxylic acids is 1. The second kappa shape index (κ2) is 5.28. The number of benzene rings is 1. The third-order valence-corrected chi connectivity index (χ3v) is 4.26. The molecule has 2 N–H and O–H groups in total. The summed E-state index contributed by atoms with van der Waals surface area (Å²) >= 11 is 3.46. The number of halogens is 1. The van der Waals surface area contributed by atoms with Gasteiger partial charge in [0.15, 0.2) is 0 Å². The number of methoxy groups -OCH3 is 1. The van der Waals surface area contributed by atoms with Crippen LogP contribution in [0, 0.1) is 0 Å². The first kappa shape index (κ1) is 13.4. The van der Waals surface area contributed by atoms with E-state index in [2.05, 4.69) is 21.2 Å². The highest BCUT2D eigenvalue weighted by Gasteiger charge is 2.43. The maximum Gasteiger partial charge on any atom is 0.323 e. The summed E-state index contributed by atoms with van der Waals surface area (Å²) in [5.74, 6) is 0.0146. The van der Waals surface area contributed by atoms with Crippen molar-refractivity contribution in [2.45, 2.75) is 31.3 Å². The minimum absolute atomic E-state index is 0.518. The Morgan fingerprint density at radius 1 is 1.56 bits per heavy atom. The molecule has 0 unspecified atom stereocenters. The molecule has 1 fully saturated rings.